The Balaban J connectivity index is 1.61. The minimum atomic E-state index is -0.339. The predicted molar refractivity (Wildman–Crippen MR) is 68.2 cm³/mol. The monoisotopic (exact) mass is 249 g/mol. The molecule has 2 heterocycles. The van der Waals surface area contributed by atoms with Crippen molar-refractivity contribution in [2.45, 2.75) is 18.9 Å². The van der Waals surface area contributed by atoms with Gasteiger partial charge >= 0.3 is 0 Å². The third-order valence-corrected chi connectivity index (χ3v) is 2.86. The molecule has 1 aromatic heterocycles. The van der Waals surface area contributed by atoms with Crippen LogP contribution in [0.1, 0.15) is 12.1 Å². The molecule has 0 radical (unpaired) electrons. The normalized spacial score (nSPS) is 19.4. The lowest BCUT2D eigenvalue weighted by molar-refractivity contribution is -0.134. The lowest BCUT2D eigenvalue weighted by Crippen LogP contribution is -2.48. The van der Waals surface area contributed by atoms with Gasteiger partial charge in [0.1, 0.15) is 6.10 Å². The van der Waals surface area contributed by atoms with Crippen LogP contribution in [0.15, 0.2) is 24.4 Å². The van der Waals surface area contributed by atoms with Crippen molar-refractivity contribution in [3.8, 4) is 0 Å². The summed E-state index contributed by atoms with van der Waals surface area (Å²) in [5, 5.41) is 6.03. The maximum absolute atomic E-state index is 11.7. The molecule has 1 aromatic rings. The Bertz CT molecular complexity index is 364. The molecule has 1 aliphatic heterocycles. The molecule has 1 saturated heterocycles. The van der Waals surface area contributed by atoms with E-state index >= 15 is 0 Å². The Kier molecular flexibility index (Phi) is 5.11. The van der Waals surface area contributed by atoms with Gasteiger partial charge in [-0.3, -0.25) is 9.78 Å². The summed E-state index contributed by atoms with van der Waals surface area (Å²) < 4.78 is 5.37. The van der Waals surface area contributed by atoms with Crippen molar-refractivity contribution in [3.63, 3.8) is 0 Å². The first-order valence-electron chi connectivity index (χ1n) is 6.36. The fourth-order valence-corrected chi connectivity index (χ4v) is 1.87. The molecule has 0 saturated carbocycles. The van der Waals surface area contributed by atoms with Crippen LogP contribution in [0.3, 0.4) is 0 Å². The summed E-state index contributed by atoms with van der Waals surface area (Å²) in [6.07, 6.45) is 3.22. The zero-order valence-corrected chi connectivity index (χ0v) is 10.4. The Labute approximate surface area is 107 Å². The molecule has 1 aliphatic rings. The summed E-state index contributed by atoms with van der Waals surface area (Å²) >= 11 is 0. The Morgan fingerprint density at radius 1 is 1.56 bits per heavy atom. The molecule has 18 heavy (non-hydrogen) atoms. The average molecular weight is 249 g/mol. The highest BCUT2D eigenvalue weighted by Gasteiger charge is 2.20. The van der Waals surface area contributed by atoms with Crippen LogP contribution >= 0.6 is 0 Å². The molecule has 98 valence electrons. The first-order chi connectivity index (χ1) is 8.86. The number of ether oxygens (including phenoxy) is 1. The van der Waals surface area contributed by atoms with Crippen molar-refractivity contribution >= 4 is 5.91 Å². The van der Waals surface area contributed by atoms with E-state index in [2.05, 4.69) is 15.6 Å². The number of pyridine rings is 1. The molecule has 5 heteroatoms. The third-order valence-electron chi connectivity index (χ3n) is 2.86. The van der Waals surface area contributed by atoms with Gasteiger partial charge in [0.15, 0.2) is 0 Å². The summed E-state index contributed by atoms with van der Waals surface area (Å²) in [7, 11) is 0. The number of nitrogens with one attached hydrogen (secondary N) is 2. The SMILES string of the molecule is O=C(NCCCc1ccccn1)C1CNCCO1. The molecule has 2 rings (SSSR count). The first kappa shape index (κ1) is 13.0. The van der Waals surface area contributed by atoms with E-state index in [1.807, 2.05) is 18.2 Å². The second kappa shape index (κ2) is 7.08. The van der Waals surface area contributed by atoms with E-state index in [1.165, 1.54) is 0 Å². The van der Waals surface area contributed by atoms with Gasteiger partial charge in [0.25, 0.3) is 0 Å². The van der Waals surface area contributed by atoms with Gasteiger partial charge in [-0.15, -0.1) is 0 Å². The smallest absolute Gasteiger partial charge is 0.250 e. The van der Waals surface area contributed by atoms with Gasteiger partial charge in [0, 0.05) is 31.5 Å². The van der Waals surface area contributed by atoms with E-state index in [4.69, 9.17) is 4.74 Å². The number of morpholine rings is 1. The lowest BCUT2D eigenvalue weighted by Gasteiger charge is -2.22. The number of carbonyl (C=O) groups excluding carboxylic acids is 1. The summed E-state index contributed by atoms with van der Waals surface area (Å²) in [6.45, 7) is 2.69. The maximum Gasteiger partial charge on any atom is 0.250 e. The number of aromatic nitrogens is 1. The average Bonchev–Trinajstić information content (AvgIpc) is 2.45. The zero-order chi connectivity index (χ0) is 12.6. The van der Waals surface area contributed by atoms with Crippen molar-refractivity contribution in [3.05, 3.63) is 30.1 Å². The third kappa shape index (κ3) is 4.09. The molecule has 0 spiro atoms. The van der Waals surface area contributed by atoms with Gasteiger partial charge in [-0.2, -0.15) is 0 Å². The number of hydrogen-bond acceptors (Lipinski definition) is 4. The quantitative estimate of drug-likeness (QED) is 0.728. The van der Waals surface area contributed by atoms with Gasteiger partial charge in [-0.25, -0.2) is 0 Å². The fourth-order valence-electron chi connectivity index (χ4n) is 1.87. The maximum atomic E-state index is 11.7. The van der Waals surface area contributed by atoms with Gasteiger partial charge in [-0.05, 0) is 25.0 Å². The fraction of sp³-hybridized carbons (Fsp3) is 0.538. The van der Waals surface area contributed by atoms with E-state index < -0.39 is 0 Å². The van der Waals surface area contributed by atoms with E-state index in [0.29, 0.717) is 19.7 Å². The molecule has 1 atom stereocenters. The minimum absolute atomic E-state index is 0.0248. The lowest BCUT2D eigenvalue weighted by atomic mass is 10.2. The highest BCUT2D eigenvalue weighted by atomic mass is 16.5. The summed E-state index contributed by atoms with van der Waals surface area (Å²) in [4.78, 5) is 16.0. The number of carbonyl (C=O) groups is 1. The van der Waals surface area contributed by atoms with Gasteiger partial charge in [-0.1, -0.05) is 6.07 Å². The highest BCUT2D eigenvalue weighted by Crippen LogP contribution is 1.99. The minimum Gasteiger partial charge on any atom is -0.366 e. The van der Waals surface area contributed by atoms with Crippen molar-refractivity contribution < 1.29 is 9.53 Å². The molecule has 1 unspecified atom stereocenters. The van der Waals surface area contributed by atoms with E-state index in [0.717, 1.165) is 25.1 Å². The molecular weight excluding hydrogens is 230 g/mol. The van der Waals surface area contributed by atoms with Crippen molar-refractivity contribution in [1.82, 2.24) is 15.6 Å². The molecule has 0 aromatic carbocycles. The van der Waals surface area contributed by atoms with Crippen molar-refractivity contribution in [2.75, 3.05) is 26.2 Å². The largest absolute Gasteiger partial charge is 0.366 e. The van der Waals surface area contributed by atoms with E-state index in [-0.39, 0.29) is 12.0 Å². The Morgan fingerprint density at radius 2 is 2.50 bits per heavy atom. The number of aryl methyl sites for hydroxylation is 1. The zero-order valence-electron chi connectivity index (χ0n) is 10.4. The second-order valence-electron chi connectivity index (χ2n) is 4.28. The van der Waals surface area contributed by atoms with Crippen LogP contribution in [0, 0.1) is 0 Å². The first-order valence-corrected chi connectivity index (χ1v) is 6.36. The molecule has 1 amide bonds. The molecule has 1 fully saturated rings. The van der Waals surface area contributed by atoms with Gasteiger partial charge in [0.05, 0.1) is 6.61 Å². The number of nitrogens with zero attached hydrogens (tertiary/aromatic N) is 1. The van der Waals surface area contributed by atoms with E-state index in [1.54, 1.807) is 6.20 Å². The van der Waals surface area contributed by atoms with Crippen LogP contribution in [0.5, 0.6) is 0 Å². The van der Waals surface area contributed by atoms with Gasteiger partial charge < -0.3 is 15.4 Å². The second-order valence-corrected chi connectivity index (χ2v) is 4.28. The van der Waals surface area contributed by atoms with Crippen LogP contribution in [-0.4, -0.2) is 43.2 Å². The van der Waals surface area contributed by atoms with Crippen LogP contribution in [0.4, 0.5) is 0 Å². The van der Waals surface area contributed by atoms with Crippen LogP contribution in [-0.2, 0) is 16.0 Å². The van der Waals surface area contributed by atoms with E-state index in [9.17, 15) is 4.79 Å². The molecule has 5 nitrogen and oxygen atoms in total. The Morgan fingerprint density at radius 3 is 3.22 bits per heavy atom. The molecular formula is C13H19N3O2. The van der Waals surface area contributed by atoms with Crippen LogP contribution in [0.25, 0.3) is 0 Å². The molecule has 0 bridgehead atoms. The number of hydrogen-bond donors (Lipinski definition) is 2. The molecule has 0 aliphatic carbocycles. The predicted octanol–water partition coefficient (Wildman–Crippen LogP) is 0.119. The standard InChI is InChI=1S/C13H19N3O2/c17-13(12-10-14-8-9-18-12)16-7-3-5-11-4-1-2-6-15-11/h1-2,4,6,12,14H,3,5,7-10H2,(H,16,17). The summed E-state index contributed by atoms with van der Waals surface area (Å²) in [6, 6.07) is 5.87. The topological polar surface area (TPSA) is 63.2 Å². The van der Waals surface area contributed by atoms with Crippen molar-refractivity contribution in [2.24, 2.45) is 0 Å². The number of amides is 1. The van der Waals surface area contributed by atoms with Gasteiger partial charge in [0.2, 0.25) is 5.91 Å². The van der Waals surface area contributed by atoms with Crippen LogP contribution < -0.4 is 10.6 Å². The molecule has 2 N–H and O–H groups in total. The Hall–Kier alpha value is -1.46. The summed E-state index contributed by atoms with van der Waals surface area (Å²) in [5.74, 6) is -0.0248. The van der Waals surface area contributed by atoms with Crippen LogP contribution in [0.2, 0.25) is 0 Å². The summed E-state index contributed by atoms with van der Waals surface area (Å²) in [5.41, 5.74) is 1.06. The highest BCUT2D eigenvalue weighted by molar-refractivity contribution is 5.81. The van der Waals surface area contributed by atoms with Crippen molar-refractivity contribution in [1.29, 1.82) is 0 Å². The number of rotatable bonds is 5.